The highest BCUT2D eigenvalue weighted by molar-refractivity contribution is 5.95. The van der Waals surface area contributed by atoms with Crippen molar-refractivity contribution in [2.24, 2.45) is 0 Å². The lowest BCUT2D eigenvalue weighted by Gasteiger charge is -2.41. The monoisotopic (exact) mass is 1110 g/mol. The van der Waals surface area contributed by atoms with E-state index in [0.717, 1.165) is 40.7 Å². The van der Waals surface area contributed by atoms with Crippen LogP contribution < -0.4 is 31.9 Å². The van der Waals surface area contributed by atoms with E-state index in [4.69, 9.17) is 0 Å². The molecule has 17 heteroatoms. The third-order valence-corrected chi connectivity index (χ3v) is 17.3. The van der Waals surface area contributed by atoms with Crippen molar-refractivity contribution in [3.63, 3.8) is 0 Å². The summed E-state index contributed by atoms with van der Waals surface area (Å²) in [5, 5.41) is 19.0. The highest BCUT2D eigenvalue weighted by atomic mass is 16.2. The van der Waals surface area contributed by atoms with E-state index in [-0.39, 0.29) is 85.7 Å². The molecule has 0 radical (unpaired) electrons. The van der Waals surface area contributed by atoms with Crippen LogP contribution in [0, 0.1) is 0 Å². The fourth-order valence-corrected chi connectivity index (χ4v) is 12.3. The highest BCUT2D eigenvalue weighted by Crippen LogP contribution is 2.34. The van der Waals surface area contributed by atoms with Crippen LogP contribution in [0.15, 0.2) is 146 Å². The summed E-state index contributed by atoms with van der Waals surface area (Å²) in [5.41, 5.74) is 5.49. The molecule has 4 heterocycles. The van der Waals surface area contributed by atoms with E-state index in [1.807, 2.05) is 126 Å². The number of carbonyl (C=O) groups excluding carboxylic acids is 7. The first-order chi connectivity index (χ1) is 39.7. The molecule has 0 saturated carbocycles. The molecule has 0 bridgehead atoms. The van der Waals surface area contributed by atoms with Crippen molar-refractivity contribution >= 4 is 41.4 Å². The molecule has 0 aromatic heterocycles. The molecule has 0 aliphatic carbocycles. The van der Waals surface area contributed by atoms with Crippen molar-refractivity contribution in [2.75, 3.05) is 40.3 Å². The zero-order valence-corrected chi connectivity index (χ0v) is 47.8. The third-order valence-electron chi connectivity index (χ3n) is 17.3. The molecule has 4 aliphatic rings. The van der Waals surface area contributed by atoms with Gasteiger partial charge >= 0.3 is 0 Å². The quantitative estimate of drug-likeness (QED) is 0.0666. The lowest BCUT2D eigenvalue weighted by molar-refractivity contribution is -0.147. The Labute approximate surface area is 482 Å². The minimum absolute atomic E-state index is 0.0165. The summed E-state index contributed by atoms with van der Waals surface area (Å²) >= 11 is 0. The van der Waals surface area contributed by atoms with Gasteiger partial charge in [0.15, 0.2) is 0 Å². The molecule has 2 unspecified atom stereocenters. The zero-order valence-electron chi connectivity index (χ0n) is 47.8. The molecule has 4 aliphatic heterocycles. The van der Waals surface area contributed by atoms with Crippen molar-refractivity contribution in [3.8, 4) is 0 Å². The first-order valence-corrected chi connectivity index (χ1v) is 29.2. The summed E-state index contributed by atoms with van der Waals surface area (Å²) in [6, 6.07) is 42.0. The second kappa shape index (κ2) is 27.4. The predicted octanol–water partition coefficient (Wildman–Crippen LogP) is 4.81. The van der Waals surface area contributed by atoms with Crippen LogP contribution >= 0.6 is 0 Å². The Bertz CT molecular complexity index is 2910. The molecule has 9 atom stereocenters. The maximum absolute atomic E-state index is 14.9. The van der Waals surface area contributed by atoms with Crippen LogP contribution in [0.1, 0.15) is 105 Å². The number of hydrogen-bond donors (Lipinski definition) is 6. The Balaban J connectivity index is 0.854. The predicted molar refractivity (Wildman–Crippen MR) is 315 cm³/mol. The second-order valence-corrected chi connectivity index (χ2v) is 22.6. The van der Waals surface area contributed by atoms with Crippen LogP contribution in [-0.4, -0.2) is 156 Å². The van der Waals surface area contributed by atoms with E-state index in [0.29, 0.717) is 44.3 Å². The number of benzene rings is 5. The molecule has 5 aromatic rings. The Morgan fingerprint density at radius 3 is 1.30 bits per heavy atom. The van der Waals surface area contributed by atoms with E-state index in [1.165, 1.54) is 0 Å². The molecule has 7 amide bonds. The number of nitrogens with one attached hydrogen (secondary N) is 6. The van der Waals surface area contributed by atoms with Crippen LogP contribution in [0.2, 0.25) is 0 Å². The van der Waals surface area contributed by atoms with Gasteiger partial charge in [0.25, 0.3) is 0 Å². The van der Waals surface area contributed by atoms with Gasteiger partial charge in [-0.2, -0.15) is 0 Å². The first kappa shape index (κ1) is 58.9. The van der Waals surface area contributed by atoms with Gasteiger partial charge in [0.05, 0.1) is 37.0 Å². The number of carbonyl (C=O) groups is 7. The zero-order chi connectivity index (χ0) is 57.9. The molecule has 0 spiro atoms. The normalized spacial score (nSPS) is 22.2. The van der Waals surface area contributed by atoms with Gasteiger partial charge in [-0.05, 0) is 107 Å². The number of rotatable bonds is 19. The molecule has 432 valence electrons. The molecular weight excluding hydrogens is 1030 g/mol. The largest absolute Gasteiger partial charge is 0.343 e. The SMILES string of the molecule is CN[C@@H](C)C(=O)N[C@H]1CN(C(=O)Cc2ccc(CC(=O)N3CC[C@H]4CC[C@@H](C(C)NC(c5ccccc5)c5ccccc5)N4C(=O)[C@@H](NC(=O)[C@H](C)NC)C3)cc2)CC[C@H]2CCC(C(=O)NC(c3ccccc3)c3ccccc3)N2C1=O. The van der Waals surface area contributed by atoms with Crippen LogP contribution in [0.3, 0.4) is 0 Å². The van der Waals surface area contributed by atoms with E-state index in [9.17, 15) is 33.6 Å². The van der Waals surface area contributed by atoms with Crippen molar-refractivity contribution in [3.05, 3.63) is 179 Å². The molecule has 4 saturated heterocycles. The van der Waals surface area contributed by atoms with Gasteiger partial charge in [-0.25, -0.2) is 0 Å². The number of likely N-dealkylation sites (N-methyl/N-ethyl adjacent to an activating group) is 2. The van der Waals surface area contributed by atoms with Crippen molar-refractivity contribution < 1.29 is 33.6 Å². The minimum Gasteiger partial charge on any atom is -0.343 e. The van der Waals surface area contributed by atoms with E-state index >= 15 is 0 Å². The molecule has 17 nitrogen and oxygen atoms in total. The molecule has 6 N–H and O–H groups in total. The minimum atomic E-state index is -1.11. The number of hydrogen-bond acceptors (Lipinski definition) is 10. The molecule has 82 heavy (non-hydrogen) atoms. The summed E-state index contributed by atoms with van der Waals surface area (Å²) in [5.74, 6) is -2.02. The fourth-order valence-electron chi connectivity index (χ4n) is 12.3. The number of fused-ring (bicyclic) bond motifs is 2. The Kier molecular flexibility index (Phi) is 19.7. The van der Waals surface area contributed by atoms with Gasteiger partial charge in [0.1, 0.15) is 18.1 Å². The highest BCUT2D eigenvalue weighted by Gasteiger charge is 2.47. The summed E-state index contributed by atoms with van der Waals surface area (Å²) in [6.07, 6.45) is 3.64. The number of amides is 7. The Morgan fingerprint density at radius 2 is 0.878 bits per heavy atom. The standard InChI is InChI=1S/C65H80N10O7/c1-42(68-59(47-18-10-6-11-19-47)48-20-12-7-13-21-48)55-32-30-51-34-36-72(40-53(64(81)74(51)55)69-61(78)43(2)66-4)57(76)38-45-26-28-46(29-27-45)39-58(77)73-37-35-52-31-33-56(75(52)65(82)54(41-73)70-62(79)44(3)67-5)63(80)71-60(49-22-14-8-15-23-49)50-24-16-9-17-25-50/h6-29,42-44,51-56,59-60,66-68H,30-41H2,1-5H3,(H,69,78)(H,70,79)(H,71,80)/t42?,43-,44-,51+,52+,53-,54-,55-,56?/m0/s1. The van der Waals surface area contributed by atoms with Gasteiger partial charge in [-0.3, -0.25) is 33.6 Å². The van der Waals surface area contributed by atoms with E-state index in [2.05, 4.69) is 63.1 Å². The van der Waals surface area contributed by atoms with Crippen molar-refractivity contribution in [2.45, 2.75) is 139 Å². The van der Waals surface area contributed by atoms with Crippen LogP contribution in [0.25, 0.3) is 0 Å². The molecule has 4 fully saturated rings. The lowest BCUT2D eigenvalue weighted by atomic mass is 9.96. The second-order valence-electron chi connectivity index (χ2n) is 22.6. The maximum atomic E-state index is 14.9. The summed E-state index contributed by atoms with van der Waals surface area (Å²) in [4.78, 5) is 107. The molecular formula is C65H80N10O7. The first-order valence-electron chi connectivity index (χ1n) is 29.2. The van der Waals surface area contributed by atoms with Crippen LogP contribution in [-0.2, 0) is 46.4 Å². The average Bonchev–Trinajstić information content (AvgIpc) is 4.22. The summed E-state index contributed by atoms with van der Waals surface area (Å²) in [6.45, 7) is 6.21. The van der Waals surface area contributed by atoms with Gasteiger partial charge in [-0.15, -0.1) is 0 Å². The fraction of sp³-hybridized carbons (Fsp3) is 0.431. The van der Waals surface area contributed by atoms with Crippen molar-refractivity contribution in [1.82, 2.24) is 51.5 Å². The third kappa shape index (κ3) is 13.9. The topological polar surface area (TPSA) is 205 Å². The van der Waals surface area contributed by atoms with Gasteiger partial charge in [-0.1, -0.05) is 146 Å². The van der Waals surface area contributed by atoms with E-state index in [1.54, 1.807) is 42.6 Å². The summed E-state index contributed by atoms with van der Waals surface area (Å²) in [7, 11) is 3.34. The van der Waals surface area contributed by atoms with Crippen LogP contribution in [0.5, 0.6) is 0 Å². The average molecular weight is 1110 g/mol. The lowest BCUT2D eigenvalue weighted by Crippen LogP contribution is -2.62. The van der Waals surface area contributed by atoms with Crippen molar-refractivity contribution in [1.29, 1.82) is 0 Å². The van der Waals surface area contributed by atoms with Crippen LogP contribution in [0.4, 0.5) is 0 Å². The van der Waals surface area contributed by atoms with Gasteiger partial charge in [0, 0.05) is 50.3 Å². The Hall–Kier alpha value is -7.73. The smallest absolute Gasteiger partial charge is 0.247 e. The molecule has 9 rings (SSSR count). The maximum Gasteiger partial charge on any atom is 0.247 e. The molecule has 5 aromatic carbocycles. The Morgan fingerprint density at radius 1 is 0.488 bits per heavy atom. The van der Waals surface area contributed by atoms with Gasteiger partial charge < -0.3 is 51.5 Å². The van der Waals surface area contributed by atoms with E-state index < -0.39 is 48.1 Å². The number of nitrogens with zero attached hydrogens (tertiary/aromatic N) is 4. The van der Waals surface area contributed by atoms with Gasteiger partial charge in [0.2, 0.25) is 41.4 Å². The summed E-state index contributed by atoms with van der Waals surface area (Å²) < 4.78 is 0.